The minimum atomic E-state index is -0.385. The van der Waals surface area contributed by atoms with Crippen LogP contribution in [0.2, 0.25) is 0 Å². The van der Waals surface area contributed by atoms with E-state index in [1.165, 1.54) is 7.11 Å². The lowest BCUT2D eigenvalue weighted by atomic mass is 10.0. The Kier molecular flexibility index (Phi) is 2.56. The number of ether oxygens (including phenoxy) is 1. The smallest absolute Gasteiger partial charge is 0.339 e. The third-order valence-electron chi connectivity index (χ3n) is 1.94. The van der Waals surface area contributed by atoms with Gasteiger partial charge in [0.2, 0.25) is 0 Å². The predicted molar refractivity (Wildman–Crippen MR) is 51.7 cm³/mol. The van der Waals surface area contributed by atoms with Gasteiger partial charge >= 0.3 is 5.97 Å². The highest BCUT2D eigenvalue weighted by molar-refractivity contribution is 5.96. The van der Waals surface area contributed by atoms with E-state index in [0.717, 1.165) is 11.1 Å². The van der Waals surface area contributed by atoms with Crippen molar-refractivity contribution in [3.05, 3.63) is 28.8 Å². The Balaban J connectivity index is 3.28. The highest BCUT2D eigenvalue weighted by atomic mass is 16.5. The van der Waals surface area contributed by atoms with Crippen LogP contribution < -0.4 is 5.73 Å². The third-order valence-corrected chi connectivity index (χ3v) is 1.94. The first kappa shape index (κ1) is 9.58. The van der Waals surface area contributed by atoms with Gasteiger partial charge in [0.15, 0.2) is 0 Å². The summed E-state index contributed by atoms with van der Waals surface area (Å²) >= 11 is 0. The molecule has 0 aliphatic heterocycles. The first-order chi connectivity index (χ1) is 6.06. The van der Waals surface area contributed by atoms with E-state index in [4.69, 9.17) is 5.73 Å². The molecule has 1 aromatic rings. The molecule has 0 radical (unpaired) electrons. The van der Waals surface area contributed by atoms with Gasteiger partial charge in [0.25, 0.3) is 0 Å². The molecule has 1 aromatic carbocycles. The molecule has 0 fully saturated rings. The van der Waals surface area contributed by atoms with Gasteiger partial charge in [-0.3, -0.25) is 0 Å². The number of anilines is 1. The van der Waals surface area contributed by atoms with E-state index in [2.05, 4.69) is 4.74 Å². The highest BCUT2D eigenvalue weighted by Crippen LogP contribution is 2.19. The van der Waals surface area contributed by atoms with Crippen molar-refractivity contribution in [1.82, 2.24) is 0 Å². The summed E-state index contributed by atoms with van der Waals surface area (Å²) in [7, 11) is 1.35. The second-order valence-corrected chi connectivity index (χ2v) is 3.03. The van der Waals surface area contributed by atoms with E-state index in [1.807, 2.05) is 19.9 Å². The lowest BCUT2D eigenvalue weighted by Gasteiger charge is -2.07. The number of aryl methyl sites for hydroxylation is 2. The molecule has 0 spiro atoms. The van der Waals surface area contributed by atoms with Crippen LogP contribution >= 0.6 is 0 Å². The molecule has 0 heterocycles. The quantitative estimate of drug-likeness (QED) is 0.527. The van der Waals surface area contributed by atoms with E-state index in [0.29, 0.717) is 11.3 Å². The first-order valence-electron chi connectivity index (χ1n) is 4.01. The summed E-state index contributed by atoms with van der Waals surface area (Å²) in [4.78, 5) is 11.2. The Morgan fingerprint density at radius 3 is 2.54 bits per heavy atom. The molecule has 3 heteroatoms. The van der Waals surface area contributed by atoms with Crippen LogP contribution in [0, 0.1) is 13.8 Å². The van der Waals surface area contributed by atoms with Gasteiger partial charge in [-0.2, -0.15) is 0 Å². The molecular weight excluding hydrogens is 166 g/mol. The van der Waals surface area contributed by atoms with Gasteiger partial charge in [0.1, 0.15) is 0 Å². The number of carbonyl (C=O) groups excluding carboxylic acids is 1. The summed E-state index contributed by atoms with van der Waals surface area (Å²) < 4.78 is 4.61. The number of hydrogen-bond donors (Lipinski definition) is 1. The van der Waals surface area contributed by atoms with Crippen LogP contribution in [0.15, 0.2) is 12.1 Å². The van der Waals surface area contributed by atoms with Gasteiger partial charge in [0.05, 0.1) is 12.7 Å². The second kappa shape index (κ2) is 3.47. The van der Waals surface area contributed by atoms with Gasteiger partial charge < -0.3 is 10.5 Å². The number of nitrogen functional groups attached to an aromatic ring is 1. The normalized spacial score (nSPS) is 9.77. The summed E-state index contributed by atoms with van der Waals surface area (Å²) in [6.45, 7) is 3.79. The minimum absolute atomic E-state index is 0.385. The summed E-state index contributed by atoms with van der Waals surface area (Å²) in [5.74, 6) is -0.385. The molecule has 0 saturated heterocycles. The molecule has 0 amide bonds. The first-order valence-corrected chi connectivity index (χ1v) is 4.01. The maximum Gasteiger partial charge on any atom is 0.339 e. The molecule has 0 aliphatic rings. The van der Waals surface area contributed by atoms with Crippen molar-refractivity contribution in [2.24, 2.45) is 0 Å². The fourth-order valence-electron chi connectivity index (χ4n) is 1.26. The molecule has 0 bridgehead atoms. The molecule has 0 saturated carbocycles. The van der Waals surface area contributed by atoms with E-state index in [1.54, 1.807) is 6.07 Å². The Morgan fingerprint density at radius 1 is 1.38 bits per heavy atom. The van der Waals surface area contributed by atoms with Gasteiger partial charge in [0, 0.05) is 5.69 Å². The second-order valence-electron chi connectivity index (χ2n) is 3.03. The topological polar surface area (TPSA) is 52.3 Å². The van der Waals surface area contributed by atoms with Crippen molar-refractivity contribution in [2.75, 3.05) is 12.8 Å². The number of carbonyl (C=O) groups is 1. The van der Waals surface area contributed by atoms with E-state index >= 15 is 0 Å². The van der Waals surface area contributed by atoms with Crippen LogP contribution in [0.3, 0.4) is 0 Å². The highest BCUT2D eigenvalue weighted by Gasteiger charge is 2.11. The van der Waals surface area contributed by atoms with Gasteiger partial charge in [-0.25, -0.2) is 4.79 Å². The summed E-state index contributed by atoms with van der Waals surface area (Å²) in [6, 6.07) is 3.66. The lowest BCUT2D eigenvalue weighted by Crippen LogP contribution is -2.07. The molecule has 0 aliphatic carbocycles. The number of nitrogens with two attached hydrogens (primary N) is 1. The molecule has 0 aromatic heterocycles. The minimum Gasteiger partial charge on any atom is -0.465 e. The summed E-state index contributed by atoms with van der Waals surface area (Å²) in [5, 5.41) is 0. The molecule has 2 N–H and O–H groups in total. The average Bonchev–Trinajstić information content (AvgIpc) is 2.10. The van der Waals surface area contributed by atoms with E-state index in [9.17, 15) is 4.79 Å². The van der Waals surface area contributed by atoms with Crippen LogP contribution in [0.1, 0.15) is 21.5 Å². The van der Waals surface area contributed by atoms with Gasteiger partial charge in [-0.15, -0.1) is 0 Å². The molecule has 70 valence electrons. The Morgan fingerprint density at radius 2 is 2.00 bits per heavy atom. The standard InChI is InChI=1S/C10H13NO2/c1-6-4-7(2)9(11)8(5-6)10(12)13-3/h4-5H,11H2,1-3H3. The van der Waals surface area contributed by atoms with Crippen molar-refractivity contribution in [3.8, 4) is 0 Å². The number of rotatable bonds is 1. The summed E-state index contributed by atoms with van der Waals surface area (Å²) in [6.07, 6.45) is 0. The van der Waals surface area contributed by atoms with Crippen LogP contribution in [-0.2, 0) is 4.74 Å². The lowest BCUT2D eigenvalue weighted by molar-refractivity contribution is 0.0602. The number of esters is 1. The van der Waals surface area contributed by atoms with Crippen LogP contribution in [-0.4, -0.2) is 13.1 Å². The third kappa shape index (κ3) is 1.80. The van der Waals surface area contributed by atoms with Crippen molar-refractivity contribution in [2.45, 2.75) is 13.8 Å². The van der Waals surface area contributed by atoms with Crippen molar-refractivity contribution in [3.63, 3.8) is 0 Å². The summed E-state index contributed by atoms with van der Waals surface area (Å²) in [5.41, 5.74) is 8.58. The number of hydrogen-bond acceptors (Lipinski definition) is 3. The Labute approximate surface area is 77.5 Å². The monoisotopic (exact) mass is 179 g/mol. The van der Waals surface area contributed by atoms with Crippen LogP contribution in [0.4, 0.5) is 5.69 Å². The van der Waals surface area contributed by atoms with E-state index < -0.39 is 0 Å². The molecular formula is C10H13NO2. The Hall–Kier alpha value is -1.51. The fraction of sp³-hybridized carbons (Fsp3) is 0.300. The molecule has 1 rings (SSSR count). The zero-order valence-electron chi connectivity index (χ0n) is 8.05. The van der Waals surface area contributed by atoms with Crippen molar-refractivity contribution >= 4 is 11.7 Å². The number of benzene rings is 1. The molecule has 13 heavy (non-hydrogen) atoms. The average molecular weight is 179 g/mol. The Bertz CT molecular complexity index is 345. The number of methoxy groups -OCH3 is 1. The predicted octanol–water partition coefficient (Wildman–Crippen LogP) is 1.67. The maximum absolute atomic E-state index is 11.2. The zero-order valence-corrected chi connectivity index (χ0v) is 8.05. The molecule has 0 atom stereocenters. The van der Waals surface area contributed by atoms with Crippen molar-refractivity contribution < 1.29 is 9.53 Å². The van der Waals surface area contributed by atoms with Gasteiger partial charge in [-0.1, -0.05) is 6.07 Å². The van der Waals surface area contributed by atoms with E-state index in [-0.39, 0.29) is 5.97 Å². The van der Waals surface area contributed by atoms with Crippen LogP contribution in [0.5, 0.6) is 0 Å². The SMILES string of the molecule is COC(=O)c1cc(C)cc(C)c1N. The fourth-order valence-corrected chi connectivity index (χ4v) is 1.26. The molecule has 3 nitrogen and oxygen atoms in total. The molecule has 0 unspecified atom stereocenters. The van der Waals surface area contributed by atoms with Crippen molar-refractivity contribution in [1.29, 1.82) is 0 Å². The van der Waals surface area contributed by atoms with Gasteiger partial charge in [-0.05, 0) is 31.0 Å². The van der Waals surface area contributed by atoms with Crippen LogP contribution in [0.25, 0.3) is 0 Å². The maximum atomic E-state index is 11.2. The largest absolute Gasteiger partial charge is 0.465 e. The zero-order chi connectivity index (χ0) is 10.0.